The number of hydrogen-bond donors (Lipinski definition) is 0. The van der Waals surface area contributed by atoms with Crippen LogP contribution in [-0.4, -0.2) is 32.6 Å². The number of aryl methyl sites for hydroxylation is 1. The number of methoxy groups -OCH3 is 1. The van der Waals surface area contributed by atoms with Gasteiger partial charge in [0.2, 0.25) is 0 Å². The fraction of sp³-hybridized carbons (Fsp3) is 0.471. The third-order valence-corrected chi connectivity index (χ3v) is 3.70. The number of esters is 1. The molecule has 0 aromatic heterocycles. The highest BCUT2D eigenvalue weighted by atomic mass is 19.1. The molecule has 0 aliphatic heterocycles. The van der Waals surface area contributed by atoms with Crippen molar-refractivity contribution in [3.05, 3.63) is 40.7 Å². The minimum atomic E-state index is -0.444. The van der Waals surface area contributed by atoms with Crippen molar-refractivity contribution in [1.82, 2.24) is 0 Å². The van der Waals surface area contributed by atoms with Gasteiger partial charge in [0.25, 0.3) is 0 Å². The number of ether oxygens (including phenoxy) is 3. The molecule has 1 atom stereocenters. The maximum absolute atomic E-state index is 14.1. The van der Waals surface area contributed by atoms with Crippen LogP contribution in [0.15, 0.2) is 18.2 Å². The lowest BCUT2D eigenvalue weighted by atomic mass is 9.82. The molecule has 2 rings (SSSR count). The summed E-state index contributed by atoms with van der Waals surface area (Å²) in [5.41, 5.74) is 2.96. The first-order valence-electron chi connectivity index (χ1n) is 7.35. The molecule has 0 saturated carbocycles. The standard InChI is InChI=1S/C17H21FO4/c1-4-21-16(19)9-13-15(22-10-20-3)8-6-12-14(18)7-5-11(2)17(12)13/h5,7,9,15H,4,6,8,10H2,1-3H3/b13-9+. The van der Waals surface area contributed by atoms with E-state index in [1.165, 1.54) is 19.3 Å². The molecule has 120 valence electrons. The zero-order valence-electron chi connectivity index (χ0n) is 13.1. The Bertz CT molecular complexity index is 580. The monoisotopic (exact) mass is 308 g/mol. The average Bonchev–Trinajstić information content (AvgIpc) is 2.50. The lowest BCUT2D eigenvalue weighted by molar-refractivity contribution is -0.137. The largest absolute Gasteiger partial charge is 0.463 e. The lowest BCUT2D eigenvalue weighted by Crippen LogP contribution is -2.25. The van der Waals surface area contributed by atoms with Crippen LogP contribution in [0, 0.1) is 12.7 Å². The summed E-state index contributed by atoms with van der Waals surface area (Å²) in [5.74, 6) is -0.694. The van der Waals surface area contributed by atoms with Crippen LogP contribution in [0.5, 0.6) is 0 Å². The number of halogens is 1. The molecule has 1 aliphatic rings. The van der Waals surface area contributed by atoms with Gasteiger partial charge in [-0.1, -0.05) is 6.07 Å². The van der Waals surface area contributed by atoms with E-state index in [1.54, 1.807) is 13.0 Å². The zero-order chi connectivity index (χ0) is 16.1. The summed E-state index contributed by atoms with van der Waals surface area (Å²) in [6.45, 7) is 4.06. The Morgan fingerprint density at radius 2 is 2.23 bits per heavy atom. The minimum absolute atomic E-state index is 0.120. The van der Waals surface area contributed by atoms with Crippen LogP contribution >= 0.6 is 0 Å². The van der Waals surface area contributed by atoms with Gasteiger partial charge in [-0.3, -0.25) is 0 Å². The van der Waals surface area contributed by atoms with Crippen molar-refractivity contribution >= 4 is 11.5 Å². The highest BCUT2D eigenvalue weighted by molar-refractivity contribution is 5.94. The molecule has 1 aliphatic carbocycles. The molecule has 5 heteroatoms. The molecule has 0 radical (unpaired) electrons. The molecular formula is C17H21FO4. The first kappa shape index (κ1) is 16.6. The maximum atomic E-state index is 14.1. The Hall–Kier alpha value is -1.72. The topological polar surface area (TPSA) is 44.8 Å². The average molecular weight is 308 g/mol. The summed E-state index contributed by atoms with van der Waals surface area (Å²) in [4.78, 5) is 11.9. The highest BCUT2D eigenvalue weighted by Crippen LogP contribution is 2.36. The number of fused-ring (bicyclic) bond motifs is 1. The van der Waals surface area contributed by atoms with Crippen molar-refractivity contribution in [3.63, 3.8) is 0 Å². The molecule has 0 N–H and O–H groups in total. The smallest absolute Gasteiger partial charge is 0.331 e. The van der Waals surface area contributed by atoms with Gasteiger partial charge in [-0.15, -0.1) is 0 Å². The van der Waals surface area contributed by atoms with Crippen LogP contribution in [-0.2, 0) is 25.4 Å². The van der Waals surface area contributed by atoms with Gasteiger partial charge in [0.1, 0.15) is 12.6 Å². The van der Waals surface area contributed by atoms with Crippen molar-refractivity contribution < 1.29 is 23.4 Å². The summed E-state index contributed by atoms with van der Waals surface area (Å²) >= 11 is 0. The fourth-order valence-electron chi connectivity index (χ4n) is 2.78. The van der Waals surface area contributed by atoms with Crippen molar-refractivity contribution in [1.29, 1.82) is 0 Å². The Balaban J connectivity index is 2.46. The van der Waals surface area contributed by atoms with Gasteiger partial charge in [0.15, 0.2) is 0 Å². The Morgan fingerprint density at radius 1 is 1.45 bits per heavy atom. The molecule has 0 fully saturated rings. The van der Waals surface area contributed by atoms with Crippen molar-refractivity contribution in [3.8, 4) is 0 Å². The van der Waals surface area contributed by atoms with E-state index in [-0.39, 0.29) is 18.7 Å². The third kappa shape index (κ3) is 3.54. The van der Waals surface area contributed by atoms with E-state index in [4.69, 9.17) is 14.2 Å². The van der Waals surface area contributed by atoms with Crippen LogP contribution in [0.3, 0.4) is 0 Å². The van der Waals surface area contributed by atoms with E-state index < -0.39 is 5.97 Å². The van der Waals surface area contributed by atoms with E-state index in [1.807, 2.05) is 6.92 Å². The third-order valence-electron chi connectivity index (χ3n) is 3.70. The second-order valence-corrected chi connectivity index (χ2v) is 5.17. The second-order valence-electron chi connectivity index (χ2n) is 5.17. The van der Waals surface area contributed by atoms with Crippen molar-refractivity contribution in [2.45, 2.75) is 32.8 Å². The molecule has 1 aromatic carbocycles. The molecule has 0 amide bonds. The second kappa shape index (κ2) is 7.51. The number of benzene rings is 1. The lowest BCUT2D eigenvalue weighted by Gasteiger charge is -2.29. The van der Waals surface area contributed by atoms with Gasteiger partial charge < -0.3 is 14.2 Å². The van der Waals surface area contributed by atoms with Crippen molar-refractivity contribution in [2.24, 2.45) is 0 Å². The van der Waals surface area contributed by atoms with Crippen molar-refractivity contribution in [2.75, 3.05) is 20.5 Å². The maximum Gasteiger partial charge on any atom is 0.331 e. The Morgan fingerprint density at radius 3 is 2.91 bits per heavy atom. The van der Waals surface area contributed by atoms with Gasteiger partial charge in [-0.25, -0.2) is 9.18 Å². The molecule has 4 nitrogen and oxygen atoms in total. The Kier molecular flexibility index (Phi) is 5.69. The fourth-order valence-corrected chi connectivity index (χ4v) is 2.78. The number of carbonyl (C=O) groups excluding carboxylic acids is 1. The van der Waals surface area contributed by atoms with E-state index >= 15 is 0 Å². The summed E-state index contributed by atoms with van der Waals surface area (Å²) in [5, 5.41) is 0. The first-order chi connectivity index (χ1) is 10.6. The number of carbonyl (C=O) groups is 1. The van der Waals surface area contributed by atoms with Crippen LogP contribution in [0.2, 0.25) is 0 Å². The molecular weight excluding hydrogens is 287 g/mol. The van der Waals surface area contributed by atoms with Gasteiger partial charge in [0, 0.05) is 13.2 Å². The van der Waals surface area contributed by atoms with E-state index in [0.29, 0.717) is 30.6 Å². The summed E-state index contributed by atoms with van der Waals surface area (Å²) in [7, 11) is 1.54. The normalized spacial score (nSPS) is 19.1. The van der Waals surface area contributed by atoms with E-state index in [2.05, 4.69) is 0 Å². The predicted molar refractivity (Wildman–Crippen MR) is 80.8 cm³/mol. The quantitative estimate of drug-likeness (QED) is 0.476. The summed E-state index contributed by atoms with van der Waals surface area (Å²) in [6, 6.07) is 3.18. The van der Waals surface area contributed by atoms with Crippen LogP contribution < -0.4 is 0 Å². The molecule has 0 heterocycles. The molecule has 0 spiro atoms. The molecule has 22 heavy (non-hydrogen) atoms. The molecule has 0 bridgehead atoms. The summed E-state index contributed by atoms with van der Waals surface area (Å²) < 4.78 is 29.7. The number of hydrogen-bond acceptors (Lipinski definition) is 4. The SMILES string of the molecule is CCOC(=O)/C=C1/c2c(C)ccc(F)c2CCC1OCOC. The predicted octanol–water partition coefficient (Wildman–Crippen LogP) is 3.02. The Labute approximate surface area is 129 Å². The van der Waals surface area contributed by atoms with Gasteiger partial charge in [0.05, 0.1) is 12.7 Å². The molecule has 1 aromatic rings. The van der Waals surface area contributed by atoms with Crippen LogP contribution in [0.25, 0.3) is 5.57 Å². The highest BCUT2D eigenvalue weighted by Gasteiger charge is 2.29. The van der Waals surface area contributed by atoms with E-state index in [9.17, 15) is 9.18 Å². The number of rotatable bonds is 5. The zero-order valence-corrected chi connectivity index (χ0v) is 13.1. The van der Waals surface area contributed by atoms with Gasteiger partial charge in [-0.2, -0.15) is 0 Å². The first-order valence-corrected chi connectivity index (χ1v) is 7.35. The van der Waals surface area contributed by atoms with E-state index in [0.717, 1.165) is 11.1 Å². The van der Waals surface area contributed by atoms with Crippen LogP contribution in [0.1, 0.15) is 30.0 Å². The minimum Gasteiger partial charge on any atom is -0.463 e. The molecule has 0 saturated heterocycles. The summed E-state index contributed by atoms with van der Waals surface area (Å²) in [6.07, 6.45) is 2.27. The van der Waals surface area contributed by atoms with Gasteiger partial charge >= 0.3 is 5.97 Å². The van der Waals surface area contributed by atoms with Gasteiger partial charge in [-0.05, 0) is 55.0 Å². The molecule has 1 unspecified atom stereocenters. The van der Waals surface area contributed by atoms with Crippen LogP contribution in [0.4, 0.5) is 4.39 Å².